The number of nitrogens with one attached hydrogen (secondary N) is 2. The molecular weight excluding hydrogens is 208 g/mol. The molecule has 0 radical (unpaired) electrons. The highest BCUT2D eigenvalue weighted by molar-refractivity contribution is 5.76. The summed E-state index contributed by atoms with van der Waals surface area (Å²) < 4.78 is 4.89. The minimum Gasteiger partial charge on any atom is -0.408 e. The van der Waals surface area contributed by atoms with Crippen LogP contribution in [-0.4, -0.2) is 24.1 Å². The van der Waals surface area contributed by atoms with E-state index in [1.807, 2.05) is 6.07 Å². The molecular formula is C10H14N4O2. The van der Waals surface area contributed by atoms with Gasteiger partial charge in [-0.25, -0.2) is 4.79 Å². The number of anilines is 1. The van der Waals surface area contributed by atoms with Crippen molar-refractivity contribution in [1.82, 2.24) is 4.98 Å². The van der Waals surface area contributed by atoms with Crippen LogP contribution in [0.3, 0.4) is 0 Å². The SMILES string of the molecule is NCC(N)CNc1ccc2oc(=O)[nH]c2c1. The van der Waals surface area contributed by atoms with Crippen molar-refractivity contribution in [3.05, 3.63) is 28.7 Å². The van der Waals surface area contributed by atoms with Crippen molar-refractivity contribution in [2.75, 3.05) is 18.4 Å². The zero-order valence-corrected chi connectivity index (χ0v) is 8.69. The summed E-state index contributed by atoms with van der Waals surface area (Å²) in [4.78, 5) is 13.5. The third kappa shape index (κ3) is 2.23. The maximum Gasteiger partial charge on any atom is 0.417 e. The van der Waals surface area contributed by atoms with Gasteiger partial charge in [-0.05, 0) is 18.2 Å². The largest absolute Gasteiger partial charge is 0.417 e. The predicted octanol–water partition coefficient (Wildman–Crippen LogP) is -0.181. The number of hydrogen-bond acceptors (Lipinski definition) is 5. The van der Waals surface area contributed by atoms with Crippen molar-refractivity contribution in [2.45, 2.75) is 6.04 Å². The van der Waals surface area contributed by atoms with Gasteiger partial charge in [-0.2, -0.15) is 0 Å². The Kier molecular flexibility index (Phi) is 2.93. The van der Waals surface area contributed by atoms with E-state index in [1.54, 1.807) is 12.1 Å². The Bertz CT molecular complexity index is 531. The van der Waals surface area contributed by atoms with Crippen molar-refractivity contribution >= 4 is 16.8 Å². The Morgan fingerprint density at radius 2 is 2.31 bits per heavy atom. The summed E-state index contributed by atoms with van der Waals surface area (Å²) in [5.41, 5.74) is 13.1. The van der Waals surface area contributed by atoms with Crippen LogP contribution in [0.25, 0.3) is 11.1 Å². The van der Waals surface area contributed by atoms with Crippen LogP contribution >= 0.6 is 0 Å². The lowest BCUT2D eigenvalue weighted by atomic mass is 10.2. The maximum absolute atomic E-state index is 10.9. The molecule has 0 spiro atoms. The molecule has 6 heteroatoms. The molecule has 1 aromatic heterocycles. The predicted molar refractivity (Wildman–Crippen MR) is 62.4 cm³/mol. The Balaban J connectivity index is 2.16. The normalized spacial score (nSPS) is 12.9. The molecule has 0 bridgehead atoms. The first kappa shape index (κ1) is 10.7. The van der Waals surface area contributed by atoms with Crippen molar-refractivity contribution < 1.29 is 4.42 Å². The first-order valence-electron chi connectivity index (χ1n) is 5.01. The van der Waals surface area contributed by atoms with E-state index in [1.165, 1.54) is 0 Å². The minimum absolute atomic E-state index is 0.0842. The number of fused-ring (bicyclic) bond motifs is 1. The Morgan fingerprint density at radius 1 is 1.50 bits per heavy atom. The van der Waals surface area contributed by atoms with Crippen LogP contribution in [0.15, 0.2) is 27.4 Å². The fraction of sp³-hybridized carbons (Fsp3) is 0.300. The molecule has 0 aliphatic rings. The van der Waals surface area contributed by atoms with Crippen molar-refractivity contribution in [1.29, 1.82) is 0 Å². The average Bonchev–Trinajstić information content (AvgIpc) is 2.65. The summed E-state index contributed by atoms with van der Waals surface area (Å²) >= 11 is 0. The molecule has 1 atom stereocenters. The molecule has 6 nitrogen and oxygen atoms in total. The molecule has 2 rings (SSSR count). The summed E-state index contributed by atoms with van der Waals surface area (Å²) in [5, 5.41) is 3.13. The number of hydrogen-bond donors (Lipinski definition) is 4. The number of benzene rings is 1. The Hall–Kier alpha value is -1.79. The van der Waals surface area contributed by atoms with E-state index in [0.717, 1.165) is 5.69 Å². The van der Waals surface area contributed by atoms with Gasteiger partial charge in [0.1, 0.15) is 0 Å². The maximum atomic E-state index is 10.9. The standard InChI is InChI=1S/C10H14N4O2/c11-4-6(12)5-13-7-1-2-9-8(3-7)14-10(15)16-9/h1-3,6,13H,4-5,11-12H2,(H,14,15). The average molecular weight is 222 g/mol. The van der Waals surface area contributed by atoms with Gasteiger partial charge in [0.2, 0.25) is 0 Å². The van der Waals surface area contributed by atoms with Crippen LogP contribution in [0.2, 0.25) is 0 Å². The van der Waals surface area contributed by atoms with Gasteiger partial charge in [-0.1, -0.05) is 0 Å². The second kappa shape index (κ2) is 4.38. The van der Waals surface area contributed by atoms with Gasteiger partial charge in [0.25, 0.3) is 0 Å². The van der Waals surface area contributed by atoms with E-state index < -0.39 is 5.76 Å². The third-order valence-electron chi connectivity index (χ3n) is 2.29. The molecule has 1 heterocycles. The van der Waals surface area contributed by atoms with Gasteiger partial charge in [0.05, 0.1) is 5.52 Å². The quantitative estimate of drug-likeness (QED) is 0.573. The Labute approximate surface area is 91.6 Å². The molecule has 2 aromatic rings. The summed E-state index contributed by atoms with van der Waals surface area (Å²) in [5.74, 6) is -0.453. The van der Waals surface area contributed by atoms with Crippen LogP contribution in [0.4, 0.5) is 5.69 Å². The molecule has 6 N–H and O–H groups in total. The molecule has 0 aliphatic heterocycles. The van der Waals surface area contributed by atoms with Crippen molar-refractivity contribution in [3.8, 4) is 0 Å². The van der Waals surface area contributed by atoms with Gasteiger partial charge < -0.3 is 21.2 Å². The van der Waals surface area contributed by atoms with Crippen LogP contribution in [0.5, 0.6) is 0 Å². The summed E-state index contributed by atoms with van der Waals surface area (Å²) in [6.45, 7) is 1.02. The summed E-state index contributed by atoms with van der Waals surface area (Å²) in [7, 11) is 0. The third-order valence-corrected chi connectivity index (χ3v) is 2.29. The van der Waals surface area contributed by atoms with Crippen LogP contribution in [0.1, 0.15) is 0 Å². The summed E-state index contributed by atoms with van der Waals surface area (Å²) in [6.07, 6.45) is 0. The highest BCUT2D eigenvalue weighted by atomic mass is 16.4. The monoisotopic (exact) mass is 222 g/mol. The van der Waals surface area contributed by atoms with Gasteiger partial charge in [0, 0.05) is 24.8 Å². The molecule has 0 saturated heterocycles. The molecule has 16 heavy (non-hydrogen) atoms. The number of oxazole rings is 1. The van der Waals surface area contributed by atoms with E-state index >= 15 is 0 Å². The van der Waals surface area contributed by atoms with Gasteiger partial charge >= 0.3 is 5.76 Å². The fourth-order valence-corrected chi connectivity index (χ4v) is 1.39. The number of aromatic nitrogens is 1. The molecule has 0 aliphatic carbocycles. The number of rotatable bonds is 4. The number of H-pyrrole nitrogens is 1. The molecule has 1 aromatic carbocycles. The number of aromatic amines is 1. The molecule has 0 saturated carbocycles. The van der Waals surface area contributed by atoms with E-state index in [9.17, 15) is 4.79 Å². The number of nitrogens with two attached hydrogens (primary N) is 2. The van der Waals surface area contributed by atoms with Crippen molar-refractivity contribution in [3.63, 3.8) is 0 Å². The second-order valence-electron chi connectivity index (χ2n) is 3.60. The second-order valence-corrected chi connectivity index (χ2v) is 3.60. The lowest BCUT2D eigenvalue weighted by Gasteiger charge is -2.10. The lowest BCUT2D eigenvalue weighted by molar-refractivity contribution is 0.555. The summed E-state index contributed by atoms with van der Waals surface area (Å²) in [6, 6.07) is 5.26. The first-order chi connectivity index (χ1) is 7.69. The van der Waals surface area contributed by atoms with Crippen LogP contribution in [0, 0.1) is 0 Å². The van der Waals surface area contributed by atoms with E-state index in [2.05, 4.69) is 10.3 Å². The van der Waals surface area contributed by atoms with Gasteiger partial charge in [-0.15, -0.1) is 0 Å². The van der Waals surface area contributed by atoms with Crippen LogP contribution < -0.4 is 22.5 Å². The lowest BCUT2D eigenvalue weighted by Crippen LogP contribution is -2.36. The zero-order valence-electron chi connectivity index (χ0n) is 8.69. The topological polar surface area (TPSA) is 110 Å². The molecule has 0 amide bonds. The first-order valence-corrected chi connectivity index (χ1v) is 5.01. The van der Waals surface area contributed by atoms with E-state index in [-0.39, 0.29) is 6.04 Å². The molecule has 0 fully saturated rings. The van der Waals surface area contributed by atoms with Gasteiger partial charge in [-0.3, -0.25) is 4.98 Å². The highest BCUT2D eigenvalue weighted by Crippen LogP contribution is 2.15. The molecule has 86 valence electrons. The molecule has 1 unspecified atom stereocenters. The smallest absolute Gasteiger partial charge is 0.408 e. The zero-order chi connectivity index (χ0) is 11.5. The van der Waals surface area contributed by atoms with E-state index in [0.29, 0.717) is 24.2 Å². The minimum atomic E-state index is -0.453. The van der Waals surface area contributed by atoms with Gasteiger partial charge in [0.15, 0.2) is 5.58 Å². The van der Waals surface area contributed by atoms with Crippen molar-refractivity contribution in [2.24, 2.45) is 11.5 Å². The van der Waals surface area contributed by atoms with E-state index in [4.69, 9.17) is 15.9 Å². The fourth-order valence-electron chi connectivity index (χ4n) is 1.39. The van der Waals surface area contributed by atoms with Crippen LogP contribution in [-0.2, 0) is 0 Å². The highest BCUT2D eigenvalue weighted by Gasteiger charge is 2.03. The Morgan fingerprint density at radius 3 is 3.06 bits per heavy atom.